The molecular formula is C19H16Cl2F3N3O2. The van der Waals surface area contributed by atoms with Crippen molar-refractivity contribution >= 4 is 46.4 Å². The van der Waals surface area contributed by atoms with Crippen LogP contribution in [0.25, 0.3) is 0 Å². The Bertz CT molecular complexity index is 929. The Balaban J connectivity index is 1.61. The Labute approximate surface area is 175 Å². The first-order chi connectivity index (χ1) is 13.6. The highest BCUT2D eigenvalue weighted by Gasteiger charge is 2.34. The number of halogens is 5. The quantitative estimate of drug-likeness (QED) is 0.701. The normalized spacial score (nSPS) is 14.7. The van der Waals surface area contributed by atoms with E-state index in [9.17, 15) is 22.8 Å². The Kier molecular flexibility index (Phi) is 6.24. The molecule has 0 spiro atoms. The third-order valence-corrected chi connectivity index (χ3v) is 5.03. The fraction of sp³-hybridized carbons (Fsp3) is 0.263. The number of nitrogens with one attached hydrogen (secondary N) is 1. The van der Waals surface area contributed by atoms with E-state index in [4.69, 9.17) is 23.2 Å². The predicted octanol–water partition coefficient (Wildman–Crippen LogP) is 4.30. The molecular weight excluding hydrogens is 430 g/mol. The number of piperazine rings is 1. The van der Waals surface area contributed by atoms with Crippen LogP contribution in [0.2, 0.25) is 10.0 Å². The van der Waals surface area contributed by atoms with Crippen LogP contribution in [0.15, 0.2) is 42.5 Å². The van der Waals surface area contributed by atoms with Crippen LogP contribution in [0.5, 0.6) is 0 Å². The summed E-state index contributed by atoms with van der Waals surface area (Å²) >= 11 is 11.5. The summed E-state index contributed by atoms with van der Waals surface area (Å²) < 4.78 is 38.8. The average Bonchev–Trinajstić information content (AvgIpc) is 2.68. The number of benzene rings is 2. The number of carbonyl (C=O) groups is 2. The van der Waals surface area contributed by atoms with Crippen LogP contribution >= 0.6 is 23.2 Å². The summed E-state index contributed by atoms with van der Waals surface area (Å²) in [6.07, 6.45) is -4.67. The summed E-state index contributed by atoms with van der Waals surface area (Å²) in [6, 6.07) is 10.2. The van der Waals surface area contributed by atoms with Gasteiger partial charge in [0.25, 0.3) is 0 Å². The minimum atomic E-state index is -4.67. The molecule has 3 rings (SSSR count). The van der Waals surface area contributed by atoms with Gasteiger partial charge >= 0.3 is 18.0 Å². The zero-order valence-corrected chi connectivity index (χ0v) is 16.5. The first-order valence-electron chi connectivity index (χ1n) is 8.62. The number of anilines is 2. The van der Waals surface area contributed by atoms with Crippen molar-refractivity contribution in [2.75, 3.05) is 36.4 Å². The molecule has 2 aromatic rings. The number of hydrogen-bond acceptors (Lipinski definition) is 3. The van der Waals surface area contributed by atoms with Crippen molar-refractivity contribution < 1.29 is 22.8 Å². The Morgan fingerprint density at radius 1 is 0.966 bits per heavy atom. The van der Waals surface area contributed by atoms with Gasteiger partial charge in [-0.25, -0.2) is 0 Å². The zero-order valence-electron chi connectivity index (χ0n) is 15.0. The second-order valence-electron chi connectivity index (χ2n) is 6.41. The van der Waals surface area contributed by atoms with Crippen molar-refractivity contribution in [2.45, 2.75) is 6.18 Å². The Morgan fingerprint density at radius 2 is 1.66 bits per heavy atom. The van der Waals surface area contributed by atoms with Crippen molar-refractivity contribution in [1.82, 2.24) is 4.90 Å². The highest BCUT2D eigenvalue weighted by molar-refractivity contribution is 6.39. The molecule has 0 saturated carbocycles. The number of hydrogen-bond donors (Lipinski definition) is 1. The molecule has 1 heterocycles. The Morgan fingerprint density at radius 3 is 2.28 bits per heavy atom. The van der Waals surface area contributed by atoms with Crippen molar-refractivity contribution in [3.05, 3.63) is 58.1 Å². The molecule has 1 N–H and O–H groups in total. The summed E-state index contributed by atoms with van der Waals surface area (Å²) in [5.74, 6) is -1.81. The number of rotatable bonds is 2. The number of nitrogens with zero attached hydrogens (tertiary/aromatic N) is 2. The molecule has 154 valence electrons. The van der Waals surface area contributed by atoms with Crippen molar-refractivity contribution in [2.24, 2.45) is 0 Å². The molecule has 29 heavy (non-hydrogen) atoms. The summed E-state index contributed by atoms with van der Waals surface area (Å²) in [5.41, 5.74) is -0.327. The van der Waals surface area contributed by atoms with E-state index >= 15 is 0 Å². The molecule has 0 atom stereocenters. The van der Waals surface area contributed by atoms with Gasteiger partial charge in [-0.3, -0.25) is 9.59 Å². The number of alkyl halides is 3. The summed E-state index contributed by atoms with van der Waals surface area (Å²) in [6.45, 7) is 1.59. The van der Waals surface area contributed by atoms with Gasteiger partial charge in [0.2, 0.25) is 0 Å². The van der Waals surface area contributed by atoms with Crippen molar-refractivity contribution in [3.63, 3.8) is 0 Å². The SMILES string of the molecule is O=C(Nc1ccc(Cl)c(C(F)(F)F)c1)C(=O)N1CCN(c2cccc(Cl)c2)CC1. The lowest BCUT2D eigenvalue weighted by Crippen LogP contribution is -2.51. The summed E-state index contributed by atoms with van der Waals surface area (Å²) in [7, 11) is 0. The van der Waals surface area contributed by atoms with Gasteiger partial charge in [-0.1, -0.05) is 29.3 Å². The first-order valence-corrected chi connectivity index (χ1v) is 9.38. The minimum absolute atomic E-state index is 0.155. The fourth-order valence-corrected chi connectivity index (χ4v) is 3.40. The van der Waals surface area contributed by atoms with E-state index in [0.717, 1.165) is 11.8 Å². The number of amides is 2. The van der Waals surface area contributed by atoms with E-state index in [1.54, 1.807) is 6.07 Å². The highest BCUT2D eigenvalue weighted by atomic mass is 35.5. The summed E-state index contributed by atoms with van der Waals surface area (Å²) in [5, 5.41) is 2.32. The molecule has 0 aromatic heterocycles. The van der Waals surface area contributed by atoms with Gasteiger partial charge in [-0.15, -0.1) is 0 Å². The molecule has 0 aliphatic carbocycles. The van der Waals surface area contributed by atoms with Crippen LogP contribution in [0.4, 0.5) is 24.5 Å². The third kappa shape index (κ3) is 5.13. The van der Waals surface area contributed by atoms with Gasteiger partial charge in [0, 0.05) is 42.6 Å². The molecule has 0 bridgehead atoms. The van der Waals surface area contributed by atoms with Crippen molar-refractivity contribution in [3.8, 4) is 0 Å². The van der Waals surface area contributed by atoms with Crippen LogP contribution in [-0.2, 0) is 15.8 Å². The van der Waals surface area contributed by atoms with Gasteiger partial charge in [-0.05, 0) is 36.4 Å². The molecule has 0 unspecified atom stereocenters. The maximum Gasteiger partial charge on any atom is 0.417 e. The lowest BCUT2D eigenvalue weighted by molar-refractivity contribution is -0.143. The standard InChI is InChI=1S/C19H16Cl2F3N3O2/c20-12-2-1-3-14(10-12)26-6-8-27(9-7-26)18(29)17(28)25-13-4-5-16(21)15(11-13)19(22,23)24/h1-5,10-11H,6-9H2,(H,25,28). The van der Waals surface area contributed by atoms with Crippen molar-refractivity contribution in [1.29, 1.82) is 0 Å². The predicted molar refractivity (Wildman–Crippen MR) is 105 cm³/mol. The van der Waals surface area contributed by atoms with Crippen LogP contribution in [0.1, 0.15) is 5.56 Å². The van der Waals surface area contributed by atoms with E-state index in [-0.39, 0.29) is 5.69 Å². The van der Waals surface area contributed by atoms with Gasteiger partial charge in [-0.2, -0.15) is 13.2 Å². The van der Waals surface area contributed by atoms with E-state index in [1.807, 2.05) is 23.1 Å². The first kappa shape index (κ1) is 21.3. The topological polar surface area (TPSA) is 52.7 Å². The third-order valence-electron chi connectivity index (χ3n) is 4.46. The number of carbonyl (C=O) groups excluding carboxylic acids is 2. The maximum atomic E-state index is 12.9. The molecule has 10 heteroatoms. The Hall–Kier alpha value is -2.45. The largest absolute Gasteiger partial charge is 0.417 e. The van der Waals surface area contributed by atoms with Crippen LogP contribution in [0.3, 0.4) is 0 Å². The van der Waals surface area contributed by atoms with E-state index in [0.29, 0.717) is 37.3 Å². The van der Waals surface area contributed by atoms with Gasteiger partial charge < -0.3 is 15.1 Å². The van der Waals surface area contributed by atoms with Gasteiger partial charge in [0.15, 0.2) is 0 Å². The molecule has 1 aliphatic heterocycles. The average molecular weight is 446 g/mol. The lowest BCUT2D eigenvalue weighted by atomic mass is 10.2. The maximum absolute atomic E-state index is 12.9. The monoisotopic (exact) mass is 445 g/mol. The lowest BCUT2D eigenvalue weighted by Gasteiger charge is -2.35. The molecule has 2 amide bonds. The molecule has 1 saturated heterocycles. The zero-order chi connectivity index (χ0) is 21.2. The van der Waals surface area contributed by atoms with Crippen LogP contribution in [-0.4, -0.2) is 42.9 Å². The van der Waals surface area contributed by atoms with E-state index in [2.05, 4.69) is 5.32 Å². The minimum Gasteiger partial charge on any atom is -0.368 e. The van der Waals surface area contributed by atoms with Crippen LogP contribution < -0.4 is 10.2 Å². The van der Waals surface area contributed by atoms with Crippen LogP contribution in [0, 0.1) is 0 Å². The molecule has 5 nitrogen and oxygen atoms in total. The second kappa shape index (κ2) is 8.51. The molecule has 1 aliphatic rings. The molecule has 0 radical (unpaired) electrons. The fourth-order valence-electron chi connectivity index (χ4n) is 2.99. The van der Waals surface area contributed by atoms with Gasteiger partial charge in [0.1, 0.15) is 0 Å². The van der Waals surface area contributed by atoms with Gasteiger partial charge in [0.05, 0.1) is 10.6 Å². The molecule has 1 fully saturated rings. The smallest absolute Gasteiger partial charge is 0.368 e. The van der Waals surface area contributed by atoms with E-state index in [1.165, 1.54) is 11.0 Å². The van der Waals surface area contributed by atoms with E-state index < -0.39 is 28.6 Å². The second-order valence-corrected chi connectivity index (χ2v) is 7.25. The molecule has 2 aromatic carbocycles. The summed E-state index contributed by atoms with van der Waals surface area (Å²) in [4.78, 5) is 28.0. The highest BCUT2D eigenvalue weighted by Crippen LogP contribution is 2.36.